The van der Waals surface area contributed by atoms with Crippen molar-refractivity contribution in [1.29, 1.82) is 0 Å². The number of esters is 1. The Balaban J connectivity index is 2.17. The molecule has 0 amide bonds. The highest BCUT2D eigenvalue weighted by molar-refractivity contribution is 5.86. The quantitative estimate of drug-likeness (QED) is 0.777. The molecule has 0 radical (unpaired) electrons. The van der Waals surface area contributed by atoms with Crippen molar-refractivity contribution in [3.63, 3.8) is 0 Å². The molecule has 0 saturated heterocycles. The van der Waals surface area contributed by atoms with Crippen LogP contribution < -0.4 is 0 Å². The Morgan fingerprint density at radius 3 is 2.78 bits per heavy atom. The first-order valence-corrected chi connectivity index (χ1v) is 5.91. The molecule has 0 aliphatic carbocycles. The monoisotopic (exact) mass is 245 g/mol. The molecule has 1 aromatic carbocycles. The molecule has 0 aliphatic rings. The van der Waals surface area contributed by atoms with E-state index >= 15 is 0 Å². The van der Waals surface area contributed by atoms with Crippen molar-refractivity contribution < 1.29 is 14.1 Å². The number of ether oxygens (including phenoxy) is 1. The summed E-state index contributed by atoms with van der Waals surface area (Å²) in [6.07, 6.45) is 0. The minimum atomic E-state index is -0.475. The molecule has 0 bridgehead atoms. The van der Waals surface area contributed by atoms with Crippen molar-refractivity contribution in [2.24, 2.45) is 0 Å². The van der Waals surface area contributed by atoms with Gasteiger partial charge < -0.3 is 9.26 Å². The molecular weight excluding hydrogens is 230 g/mol. The summed E-state index contributed by atoms with van der Waals surface area (Å²) < 4.78 is 9.85. The minimum Gasteiger partial charge on any atom is -0.460 e. The Hall–Kier alpha value is -2.10. The van der Waals surface area contributed by atoms with Gasteiger partial charge in [-0.2, -0.15) is 0 Å². The maximum Gasteiger partial charge on any atom is 0.377 e. The van der Waals surface area contributed by atoms with Crippen LogP contribution in [0.4, 0.5) is 0 Å². The van der Waals surface area contributed by atoms with Crippen LogP contribution in [-0.2, 0) is 4.74 Å². The van der Waals surface area contributed by atoms with Crippen LogP contribution in [0.2, 0.25) is 0 Å². The van der Waals surface area contributed by atoms with Crippen molar-refractivity contribution in [3.8, 4) is 0 Å². The second-order valence-electron chi connectivity index (χ2n) is 3.97. The summed E-state index contributed by atoms with van der Waals surface area (Å²) in [6, 6.07) is 11.6. The topological polar surface area (TPSA) is 52.3 Å². The summed E-state index contributed by atoms with van der Waals surface area (Å²) in [7, 11) is 0. The van der Waals surface area contributed by atoms with E-state index in [-0.39, 0.29) is 11.7 Å². The van der Waals surface area contributed by atoms with Gasteiger partial charge in [-0.05, 0) is 12.5 Å². The molecule has 1 heterocycles. The fourth-order valence-corrected chi connectivity index (χ4v) is 1.70. The lowest BCUT2D eigenvalue weighted by atomic mass is 9.98. The van der Waals surface area contributed by atoms with Gasteiger partial charge in [0.25, 0.3) is 0 Å². The van der Waals surface area contributed by atoms with Crippen molar-refractivity contribution in [3.05, 3.63) is 53.4 Å². The van der Waals surface area contributed by atoms with Gasteiger partial charge in [-0.1, -0.05) is 42.4 Å². The fraction of sp³-hybridized carbons (Fsp3) is 0.286. The van der Waals surface area contributed by atoms with Gasteiger partial charge in [0.2, 0.25) is 5.76 Å². The first-order valence-electron chi connectivity index (χ1n) is 5.91. The minimum absolute atomic E-state index is 0.0816. The number of carbonyl (C=O) groups is 1. The molecule has 18 heavy (non-hydrogen) atoms. The maximum absolute atomic E-state index is 11.5. The van der Waals surface area contributed by atoms with Crippen LogP contribution in [0.5, 0.6) is 0 Å². The predicted molar refractivity (Wildman–Crippen MR) is 66.4 cm³/mol. The van der Waals surface area contributed by atoms with E-state index in [2.05, 4.69) is 5.16 Å². The van der Waals surface area contributed by atoms with E-state index in [9.17, 15) is 4.79 Å². The van der Waals surface area contributed by atoms with Crippen LogP contribution in [-0.4, -0.2) is 17.7 Å². The number of carbonyl (C=O) groups excluding carboxylic acids is 1. The lowest BCUT2D eigenvalue weighted by Crippen LogP contribution is -2.02. The van der Waals surface area contributed by atoms with Gasteiger partial charge in [-0.3, -0.25) is 0 Å². The summed E-state index contributed by atoms with van der Waals surface area (Å²) in [5, 5.41) is 3.92. The molecule has 2 aromatic rings. The maximum atomic E-state index is 11.5. The van der Waals surface area contributed by atoms with E-state index in [0.717, 1.165) is 11.3 Å². The highest BCUT2D eigenvalue weighted by atomic mass is 16.6. The van der Waals surface area contributed by atoms with Gasteiger partial charge in [-0.25, -0.2) is 4.79 Å². The molecule has 1 atom stereocenters. The molecule has 0 N–H and O–H groups in total. The lowest BCUT2D eigenvalue weighted by Gasteiger charge is -2.06. The van der Waals surface area contributed by atoms with Crippen molar-refractivity contribution in [1.82, 2.24) is 5.16 Å². The second-order valence-corrected chi connectivity index (χ2v) is 3.97. The Kier molecular flexibility index (Phi) is 3.77. The zero-order chi connectivity index (χ0) is 13.0. The van der Waals surface area contributed by atoms with Gasteiger partial charge in [0.05, 0.1) is 12.3 Å². The zero-order valence-corrected chi connectivity index (χ0v) is 10.4. The van der Waals surface area contributed by atoms with Gasteiger partial charge in [0, 0.05) is 12.0 Å². The summed E-state index contributed by atoms with van der Waals surface area (Å²) in [5.74, 6) is -0.246. The molecule has 0 aliphatic heterocycles. The highest BCUT2D eigenvalue weighted by Crippen LogP contribution is 2.23. The number of rotatable bonds is 4. The van der Waals surface area contributed by atoms with Crippen molar-refractivity contribution in [2.75, 3.05) is 6.61 Å². The average Bonchev–Trinajstić information content (AvgIpc) is 2.89. The van der Waals surface area contributed by atoms with E-state index < -0.39 is 5.97 Å². The van der Waals surface area contributed by atoms with Crippen molar-refractivity contribution >= 4 is 5.97 Å². The summed E-state index contributed by atoms with van der Waals surface area (Å²) in [5.41, 5.74) is 1.85. The predicted octanol–water partition coefficient (Wildman–Crippen LogP) is 3.00. The van der Waals surface area contributed by atoms with E-state index in [0.29, 0.717) is 6.61 Å². The number of nitrogens with zero attached hydrogens (tertiary/aromatic N) is 1. The van der Waals surface area contributed by atoms with Crippen LogP contribution in [0.3, 0.4) is 0 Å². The average molecular weight is 245 g/mol. The number of benzene rings is 1. The van der Waals surface area contributed by atoms with Gasteiger partial charge in [0.15, 0.2) is 0 Å². The zero-order valence-electron chi connectivity index (χ0n) is 10.4. The molecule has 0 saturated carbocycles. The third-order valence-electron chi connectivity index (χ3n) is 2.75. The standard InChI is InChI=1S/C14H15NO3/c1-3-17-14(16)13-9-12(15-18-13)10(2)11-7-5-4-6-8-11/h4-10H,3H2,1-2H3/t10-/m0/s1. The van der Waals surface area contributed by atoms with Crippen molar-refractivity contribution in [2.45, 2.75) is 19.8 Å². The van der Waals surface area contributed by atoms with E-state index in [1.165, 1.54) is 0 Å². The molecular formula is C14H15NO3. The van der Waals surface area contributed by atoms with Crippen LogP contribution in [0.1, 0.15) is 41.6 Å². The normalized spacial score (nSPS) is 12.1. The van der Waals surface area contributed by atoms with E-state index in [4.69, 9.17) is 9.26 Å². The molecule has 4 heteroatoms. The summed E-state index contributed by atoms with van der Waals surface area (Å²) >= 11 is 0. The SMILES string of the molecule is CCOC(=O)c1cc([C@@H](C)c2ccccc2)no1. The van der Waals surface area contributed by atoms with Crippen LogP contribution in [0.25, 0.3) is 0 Å². The van der Waals surface area contributed by atoms with Crippen LogP contribution >= 0.6 is 0 Å². The summed E-state index contributed by atoms with van der Waals surface area (Å²) in [6.45, 7) is 4.09. The molecule has 0 spiro atoms. The van der Waals surface area contributed by atoms with Gasteiger partial charge in [-0.15, -0.1) is 0 Å². The van der Waals surface area contributed by atoms with Crippen LogP contribution in [0.15, 0.2) is 40.9 Å². The van der Waals surface area contributed by atoms with E-state index in [1.807, 2.05) is 37.3 Å². The molecule has 0 fully saturated rings. The molecule has 2 rings (SSSR count). The molecule has 1 aromatic heterocycles. The smallest absolute Gasteiger partial charge is 0.377 e. The number of hydrogen-bond donors (Lipinski definition) is 0. The van der Waals surface area contributed by atoms with Gasteiger partial charge >= 0.3 is 5.97 Å². The van der Waals surface area contributed by atoms with Gasteiger partial charge in [0.1, 0.15) is 0 Å². The molecule has 94 valence electrons. The Bertz CT molecular complexity index is 519. The number of aromatic nitrogens is 1. The lowest BCUT2D eigenvalue weighted by molar-refractivity contribution is 0.0479. The fourth-order valence-electron chi connectivity index (χ4n) is 1.70. The largest absolute Gasteiger partial charge is 0.460 e. The number of hydrogen-bond acceptors (Lipinski definition) is 4. The second kappa shape index (κ2) is 5.49. The third-order valence-corrected chi connectivity index (χ3v) is 2.75. The first-order chi connectivity index (χ1) is 8.72. The Morgan fingerprint density at radius 2 is 2.11 bits per heavy atom. The Labute approximate surface area is 106 Å². The Morgan fingerprint density at radius 1 is 1.39 bits per heavy atom. The third kappa shape index (κ3) is 2.59. The highest BCUT2D eigenvalue weighted by Gasteiger charge is 2.18. The van der Waals surface area contributed by atoms with Crippen LogP contribution in [0, 0.1) is 0 Å². The summed E-state index contributed by atoms with van der Waals surface area (Å²) in [4.78, 5) is 11.5. The first kappa shape index (κ1) is 12.4. The van der Waals surface area contributed by atoms with E-state index in [1.54, 1.807) is 13.0 Å². The molecule has 4 nitrogen and oxygen atoms in total. The molecule has 0 unspecified atom stereocenters.